The van der Waals surface area contributed by atoms with Crippen molar-refractivity contribution in [2.45, 2.75) is 43.9 Å². The van der Waals surface area contributed by atoms with Crippen LogP contribution in [0, 0.1) is 0 Å². The molecule has 2 rings (SSSR count). The largest absolute Gasteiger partial charge is 0.375 e. The third kappa shape index (κ3) is 2.58. The average Bonchev–Trinajstić information content (AvgIpc) is 2.83. The summed E-state index contributed by atoms with van der Waals surface area (Å²) in [5.74, 6) is 0.995. The highest BCUT2D eigenvalue weighted by molar-refractivity contribution is 5.79. The number of nitrogens with zero attached hydrogens (tertiary/aromatic N) is 3. The second-order valence-corrected chi connectivity index (χ2v) is 5.82. The van der Waals surface area contributed by atoms with E-state index in [0.29, 0.717) is 0 Å². The Morgan fingerprint density at radius 2 is 2.00 bits per heavy atom. The zero-order valence-electron chi connectivity index (χ0n) is 12.8. The lowest BCUT2D eigenvalue weighted by Crippen LogP contribution is -2.63. The Hall–Kier alpha value is -0.810. The van der Waals surface area contributed by atoms with Crippen LogP contribution in [0.15, 0.2) is 4.99 Å². The fraction of sp³-hybridized carbons (Fsp3) is 0.929. The van der Waals surface area contributed by atoms with Crippen molar-refractivity contribution in [3.05, 3.63) is 0 Å². The fourth-order valence-corrected chi connectivity index (χ4v) is 3.20. The highest BCUT2D eigenvalue weighted by Crippen LogP contribution is 2.47. The second-order valence-electron chi connectivity index (χ2n) is 5.82. The minimum atomic E-state index is -0.159. The van der Waals surface area contributed by atoms with Gasteiger partial charge in [0.1, 0.15) is 5.60 Å². The Kier molecular flexibility index (Phi) is 4.36. The topological polar surface area (TPSA) is 37.3 Å². The van der Waals surface area contributed by atoms with Crippen LogP contribution < -0.4 is 0 Å². The summed E-state index contributed by atoms with van der Waals surface area (Å²) in [5.41, 5.74) is -0.159. The van der Waals surface area contributed by atoms with Crippen LogP contribution in [0.3, 0.4) is 0 Å². The van der Waals surface area contributed by atoms with E-state index >= 15 is 0 Å². The molecular weight excluding hydrogens is 242 g/mol. The minimum absolute atomic E-state index is 0.159. The van der Waals surface area contributed by atoms with E-state index in [9.17, 15) is 0 Å². The van der Waals surface area contributed by atoms with Gasteiger partial charge in [-0.25, -0.2) is 4.99 Å². The molecule has 3 atom stereocenters. The van der Waals surface area contributed by atoms with Gasteiger partial charge in [-0.1, -0.05) is 0 Å². The normalized spacial score (nSPS) is 33.1. The van der Waals surface area contributed by atoms with E-state index < -0.39 is 0 Å². The SMILES string of the molecule is CCOC1CC(N=C(N(C)C)N(C)C)C12CCCO2. The van der Waals surface area contributed by atoms with Gasteiger partial charge in [-0.15, -0.1) is 0 Å². The van der Waals surface area contributed by atoms with Crippen molar-refractivity contribution in [2.75, 3.05) is 41.4 Å². The van der Waals surface area contributed by atoms with Crippen molar-refractivity contribution in [1.82, 2.24) is 9.80 Å². The van der Waals surface area contributed by atoms with Crippen molar-refractivity contribution in [3.63, 3.8) is 0 Å². The molecule has 1 saturated carbocycles. The summed E-state index contributed by atoms with van der Waals surface area (Å²) < 4.78 is 11.9. The molecule has 1 heterocycles. The fourth-order valence-electron chi connectivity index (χ4n) is 3.20. The maximum atomic E-state index is 6.05. The summed E-state index contributed by atoms with van der Waals surface area (Å²) in [4.78, 5) is 9.02. The smallest absolute Gasteiger partial charge is 0.195 e. The Bertz CT molecular complexity index is 326. The molecule has 5 nitrogen and oxygen atoms in total. The molecule has 1 aliphatic carbocycles. The van der Waals surface area contributed by atoms with Crippen molar-refractivity contribution in [2.24, 2.45) is 4.99 Å². The van der Waals surface area contributed by atoms with E-state index in [1.807, 2.05) is 35.1 Å². The first kappa shape index (κ1) is 14.6. The van der Waals surface area contributed by atoms with Gasteiger partial charge < -0.3 is 19.3 Å². The van der Waals surface area contributed by atoms with Crippen molar-refractivity contribution in [1.29, 1.82) is 0 Å². The van der Waals surface area contributed by atoms with E-state index in [1.54, 1.807) is 0 Å². The predicted octanol–water partition coefficient (Wildman–Crippen LogP) is 1.19. The first-order valence-corrected chi connectivity index (χ1v) is 7.19. The molecule has 0 aromatic carbocycles. The molecule has 3 unspecified atom stereocenters. The molecule has 110 valence electrons. The molecule has 0 N–H and O–H groups in total. The van der Waals surface area contributed by atoms with E-state index in [1.165, 1.54) is 0 Å². The maximum Gasteiger partial charge on any atom is 0.195 e. The average molecular weight is 269 g/mol. The highest BCUT2D eigenvalue weighted by Gasteiger charge is 2.59. The molecule has 2 aliphatic rings. The molecule has 0 amide bonds. The van der Waals surface area contributed by atoms with Gasteiger partial charge in [0.15, 0.2) is 5.96 Å². The van der Waals surface area contributed by atoms with Gasteiger partial charge in [-0.3, -0.25) is 0 Å². The first-order chi connectivity index (χ1) is 9.01. The molecule has 19 heavy (non-hydrogen) atoms. The minimum Gasteiger partial charge on any atom is -0.375 e. The molecule has 0 aromatic heterocycles. The Labute approximate surface area is 116 Å². The number of ether oxygens (including phenoxy) is 2. The number of guanidine groups is 1. The van der Waals surface area contributed by atoms with Gasteiger partial charge in [0.25, 0.3) is 0 Å². The molecule has 2 fully saturated rings. The first-order valence-electron chi connectivity index (χ1n) is 7.19. The maximum absolute atomic E-state index is 6.05. The molecule has 1 aliphatic heterocycles. The summed E-state index contributed by atoms with van der Waals surface area (Å²) in [6.07, 6.45) is 3.38. The molecule has 1 saturated heterocycles. The van der Waals surface area contributed by atoms with Crippen molar-refractivity contribution in [3.8, 4) is 0 Å². The predicted molar refractivity (Wildman–Crippen MR) is 76.5 cm³/mol. The third-order valence-electron chi connectivity index (χ3n) is 4.07. The quantitative estimate of drug-likeness (QED) is 0.570. The van der Waals surface area contributed by atoms with E-state index in [-0.39, 0.29) is 17.7 Å². The van der Waals surface area contributed by atoms with Crippen molar-refractivity contribution >= 4 is 5.96 Å². The Balaban J connectivity index is 2.15. The van der Waals surface area contributed by atoms with E-state index in [4.69, 9.17) is 14.5 Å². The number of rotatable bonds is 3. The number of aliphatic imine (C=N–C) groups is 1. The Morgan fingerprint density at radius 3 is 2.47 bits per heavy atom. The van der Waals surface area contributed by atoms with Gasteiger partial charge in [0, 0.05) is 47.8 Å². The lowest BCUT2D eigenvalue weighted by molar-refractivity contribution is -0.189. The highest BCUT2D eigenvalue weighted by atomic mass is 16.6. The van der Waals surface area contributed by atoms with Crippen LogP contribution in [0.1, 0.15) is 26.2 Å². The van der Waals surface area contributed by atoms with E-state index in [2.05, 4.69) is 9.80 Å². The molecule has 0 radical (unpaired) electrons. The molecule has 0 bridgehead atoms. The summed E-state index contributed by atoms with van der Waals surface area (Å²) in [6, 6.07) is 0.228. The monoisotopic (exact) mass is 269 g/mol. The number of hydrogen-bond donors (Lipinski definition) is 0. The van der Waals surface area contributed by atoms with Crippen LogP contribution in [-0.4, -0.2) is 74.9 Å². The van der Waals surface area contributed by atoms with Crippen LogP contribution in [0.25, 0.3) is 0 Å². The molecule has 1 spiro atoms. The standard InChI is InChI=1S/C14H27N3O2/c1-6-18-12-10-11(14(12)8-7-9-19-14)15-13(16(2)3)17(4)5/h11-12H,6-10H2,1-5H3. The number of hydrogen-bond acceptors (Lipinski definition) is 3. The van der Waals surface area contributed by atoms with E-state index in [0.717, 1.165) is 38.4 Å². The van der Waals surface area contributed by atoms with Crippen LogP contribution >= 0.6 is 0 Å². The molecule has 5 heteroatoms. The zero-order chi connectivity index (χ0) is 14.0. The lowest BCUT2D eigenvalue weighted by Gasteiger charge is -2.50. The molecule has 0 aromatic rings. The summed E-state index contributed by atoms with van der Waals surface area (Å²) in [6.45, 7) is 3.64. The molecular formula is C14H27N3O2. The van der Waals surface area contributed by atoms with Crippen LogP contribution in [0.4, 0.5) is 0 Å². The zero-order valence-corrected chi connectivity index (χ0v) is 12.8. The van der Waals surface area contributed by atoms with Crippen LogP contribution in [0.5, 0.6) is 0 Å². The lowest BCUT2D eigenvalue weighted by atomic mass is 9.70. The van der Waals surface area contributed by atoms with Gasteiger partial charge in [0.2, 0.25) is 0 Å². The van der Waals surface area contributed by atoms with Crippen molar-refractivity contribution < 1.29 is 9.47 Å². The summed E-state index contributed by atoms with van der Waals surface area (Å²) in [7, 11) is 8.11. The summed E-state index contributed by atoms with van der Waals surface area (Å²) >= 11 is 0. The second kappa shape index (κ2) is 5.67. The van der Waals surface area contributed by atoms with Gasteiger partial charge in [0.05, 0.1) is 12.1 Å². The van der Waals surface area contributed by atoms with Crippen LogP contribution in [-0.2, 0) is 9.47 Å². The van der Waals surface area contributed by atoms with Gasteiger partial charge >= 0.3 is 0 Å². The van der Waals surface area contributed by atoms with Gasteiger partial charge in [-0.2, -0.15) is 0 Å². The summed E-state index contributed by atoms with van der Waals surface area (Å²) in [5, 5.41) is 0. The Morgan fingerprint density at radius 1 is 1.32 bits per heavy atom. The van der Waals surface area contributed by atoms with Crippen LogP contribution in [0.2, 0.25) is 0 Å². The third-order valence-corrected chi connectivity index (χ3v) is 4.07. The van der Waals surface area contributed by atoms with Gasteiger partial charge in [-0.05, 0) is 19.8 Å².